The molecule has 0 aliphatic carbocycles. The van der Waals surface area contributed by atoms with Crippen molar-refractivity contribution >= 4 is 5.91 Å². The second kappa shape index (κ2) is 7.33. The molecular formula is C15H17F3N4O2. The van der Waals surface area contributed by atoms with Crippen molar-refractivity contribution in [2.45, 2.75) is 25.6 Å². The van der Waals surface area contributed by atoms with Gasteiger partial charge in [0.1, 0.15) is 0 Å². The van der Waals surface area contributed by atoms with Crippen LogP contribution >= 0.6 is 0 Å². The lowest BCUT2D eigenvalue weighted by molar-refractivity contribution is -0.147. The van der Waals surface area contributed by atoms with Gasteiger partial charge in [0.15, 0.2) is 0 Å². The van der Waals surface area contributed by atoms with E-state index in [1.54, 1.807) is 0 Å². The van der Waals surface area contributed by atoms with Gasteiger partial charge in [-0.2, -0.15) is 13.2 Å². The summed E-state index contributed by atoms with van der Waals surface area (Å²) in [5.41, 5.74) is 0.143. The van der Waals surface area contributed by atoms with Gasteiger partial charge in [-0.1, -0.05) is 30.3 Å². The zero-order valence-electron chi connectivity index (χ0n) is 13.0. The van der Waals surface area contributed by atoms with Crippen LogP contribution in [-0.4, -0.2) is 26.8 Å². The van der Waals surface area contributed by atoms with Crippen LogP contribution in [0.5, 0.6) is 0 Å². The van der Waals surface area contributed by atoms with Crippen LogP contribution < -0.4 is 11.0 Å². The molecule has 6 nitrogen and oxygen atoms in total. The lowest BCUT2D eigenvalue weighted by Crippen LogP contribution is -2.31. The topological polar surface area (TPSA) is 68.9 Å². The molecule has 0 bridgehead atoms. The highest BCUT2D eigenvalue weighted by molar-refractivity contribution is 5.76. The molecule has 0 fully saturated rings. The Balaban J connectivity index is 1.84. The standard InChI is InChI=1S/C15H17F3N4O2/c1-21-13(15(16,17)18)20-22(14(21)24)10-9-19-12(23)8-7-11-5-3-2-4-6-11/h2-6H,7-10H2,1H3,(H,19,23). The molecule has 0 radical (unpaired) electrons. The molecule has 1 heterocycles. The van der Waals surface area contributed by atoms with E-state index in [9.17, 15) is 22.8 Å². The smallest absolute Gasteiger partial charge is 0.354 e. The van der Waals surface area contributed by atoms with Crippen LogP contribution in [0.1, 0.15) is 17.8 Å². The van der Waals surface area contributed by atoms with Crippen molar-refractivity contribution < 1.29 is 18.0 Å². The first-order valence-corrected chi connectivity index (χ1v) is 7.30. The zero-order chi connectivity index (χ0) is 17.7. The molecule has 0 unspecified atom stereocenters. The Morgan fingerprint density at radius 2 is 1.92 bits per heavy atom. The predicted molar refractivity (Wildman–Crippen MR) is 80.2 cm³/mol. The van der Waals surface area contributed by atoms with Gasteiger partial charge in [0.05, 0.1) is 6.54 Å². The molecule has 2 rings (SSSR count). The fourth-order valence-corrected chi connectivity index (χ4v) is 2.17. The lowest BCUT2D eigenvalue weighted by Gasteiger charge is -2.05. The highest BCUT2D eigenvalue weighted by Crippen LogP contribution is 2.25. The Morgan fingerprint density at radius 3 is 2.50 bits per heavy atom. The maximum atomic E-state index is 12.6. The van der Waals surface area contributed by atoms with E-state index in [1.807, 2.05) is 30.3 Å². The van der Waals surface area contributed by atoms with Crippen molar-refractivity contribution in [1.29, 1.82) is 0 Å². The Hall–Kier alpha value is -2.58. The molecule has 1 aromatic heterocycles. The minimum atomic E-state index is -4.70. The number of halogens is 3. The fourth-order valence-electron chi connectivity index (χ4n) is 2.17. The third-order valence-electron chi connectivity index (χ3n) is 3.42. The van der Waals surface area contributed by atoms with Gasteiger partial charge in [-0.05, 0) is 12.0 Å². The van der Waals surface area contributed by atoms with Gasteiger partial charge >= 0.3 is 11.9 Å². The normalized spacial score (nSPS) is 11.5. The molecule has 130 valence electrons. The molecule has 24 heavy (non-hydrogen) atoms. The third-order valence-corrected chi connectivity index (χ3v) is 3.42. The number of alkyl halides is 3. The quantitative estimate of drug-likeness (QED) is 0.862. The number of carbonyl (C=O) groups is 1. The lowest BCUT2D eigenvalue weighted by atomic mass is 10.1. The SMILES string of the molecule is Cn1c(C(F)(F)F)nn(CCNC(=O)CCc2ccccc2)c1=O. The first-order chi connectivity index (χ1) is 11.3. The highest BCUT2D eigenvalue weighted by atomic mass is 19.4. The maximum Gasteiger partial charge on any atom is 0.451 e. The number of amides is 1. The Morgan fingerprint density at radius 1 is 1.25 bits per heavy atom. The Kier molecular flexibility index (Phi) is 5.42. The summed E-state index contributed by atoms with van der Waals surface area (Å²) in [6.45, 7) is -0.0956. The van der Waals surface area contributed by atoms with Crippen LogP contribution in [0.2, 0.25) is 0 Å². The zero-order valence-corrected chi connectivity index (χ0v) is 13.0. The van der Waals surface area contributed by atoms with Crippen molar-refractivity contribution in [3.05, 3.63) is 52.2 Å². The van der Waals surface area contributed by atoms with Gasteiger partial charge < -0.3 is 5.32 Å². The summed E-state index contributed by atoms with van der Waals surface area (Å²) in [6.07, 6.45) is -3.87. The van der Waals surface area contributed by atoms with E-state index in [1.165, 1.54) is 0 Å². The maximum absolute atomic E-state index is 12.6. The van der Waals surface area contributed by atoms with Crippen LogP contribution in [0.3, 0.4) is 0 Å². The molecule has 1 aromatic carbocycles. The van der Waals surface area contributed by atoms with Gasteiger partial charge in [0.25, 0.3) is 0 Å². The van der Waals surface area contributed by atoms with Gasteiger partial charge in [-0.15, -0.1) is 5.10 Å². The number of nitrogens with one attached hydrogen (secondary N) is 1. The summed E-state index contributed by atoms with van der Waals surface area (Å²) in [5, 5.41) is 5.83. The average molecular weight is 342 g/mol. The van der Waals surface area contributed by atoms with E-state index in [0.29, 0.717) is 15.7 Å². The van der Waals surface area contributed by atoms with Gasteiger partial charge in [0.2, 0.25) is 11.7 Å². The van der Waals surface area contributed by atoms with E-state index >= 15 is 0 Å². The third kappa shape index (κ3) is 4.46. The molecule has 9 heteroatoms. The highest BCUT2D eigenvalue weighted by Gasteiger charge is 2.37. The van der Waals surface area contributed by atoms with Gasteiger partial charge in [0, 0.05) is 20.0 Å². The summed E-state index contributed by atoms with van der Waals surface area (Å²) in [4.78, 5) is 23.4. The molecule has 2 aromatic rings. The number of aromatic nitrogens is 3. The van der Waals surface area contributed by atoms with Crippen LogP contribution in [0.25, 0.3) is 0 Å². The van der Waals surface area contributed by atoms with Crippen molar-refractivity contribution in [3.8, 4) is 0 Å². The van der Waals surface area contributed by atoms with Crippen molar-refractivity contribution in [3.63, 3.8) is 0 Å². The van der Waals surface area contributed by atoms with E-state index in [4.69, 9.17) is 0 Å². The first kappa shape index (κ1) is 17.8. The van der Waals surface area contributed by atoms with Crippen molar-refractivity contribution in [1.82, 2.24) is 19.7 Å². The van der Waals surface area contributed by atoms with E-state index in [-0.39, 0.29) is 25.4 Å². The first-order valence-electron chi connectivity index (χ1n) is 7.30. The summed E-state index contributed by atoms with van der Waals surface area (Å²) in [6, 6.07) is 9.43. The molecular weight excluding hydrogens is 325 g/mol. The number of benzene rings is 1. The number of hydrogen-bond acceptors (Lipinski definition) is 3. The van der Waals surface area contributed by atoms with Gasteiger partial charge in [-0.25, -0.2) is 9.48 Å². The second-order valence-corrected chi connectivity index (χ2v) is 5.22. The second-order valence-electron chi connectivity index (χ2n) is 5.22. The fraction of sp³-hybridized carbons (Fsp3) is 0.400. The molecule has 0 aliphatic rings. The van der Waals surface area contributed by atoms with Crippen LogP contribution in [0.15, 0.2) is 35.1 Å². The number of carbonyl (C=O) groups excluding carboxylic acids is 1. The van der Waals surface area contributed by atoms with Crippen molar-refractivity contribution in [2.24, 2.45) is 7.05 Å². The van der Waals surface area contributed by atoms with E-state index < -0.39 is 17.7 Å². The largest absolute Gasteiger partial charge is 0.451 e. The molecule has 1 amide bonds. The number of aryl methyl sites for hydroxylation is 1. The Bertz CT molecular complexity index is 750. The molecule has 1 N–H and O–H groups in total. The Labute approximate surface area is 135 Å². The predicted octanol–water partition coefficient (Wildman–Crippen LogP) is 1.35. The van der Waals surface area contributed by atoms with Crippen LogP contribution in [-0.2, 0) is 31.0 Å². The summed E-state index contributed by atoms with van der Waals surface area (Å²) < 4.78 is 39.1. The van der Waals surface area contributed by atoms with Crippen LogP contribution in [0.4, 0.5) is 13.2 Å². The van der Waals surface area contributed by atoms with Gasteiger partial charge in [-0.3, -0.25) is 9.36 Å². The monoisotopic (exact) mass is 342 g/mol. The van der Waals surface area contributed by atoms with E-state index in [2.05, 4.69) is 10.4 Å². The number of nitrogens with zero attached hydrogens (tertiary/aromatic N) is 3. The summed E-state index contributed by atoms with van der Waals surface area (Å²) >= 11 is 0. The minimum absolute atomic E-state index is 0.0296. The van der Waals surface area contributed by atoms with Crippen LogP contribution in [0, 0.1) is 0 Å². The minimum Gasteiger partial charge on any atom is -0.354 e. The average Bonchev–Trinajstić information content (AvgIpc) is 2.82. The molecule has 0 spiro atoms. The molecule has 0 saturated carbocycles. The number of rotatable bonds is 6. The molecule has 0 aliphatic heterocycles. The number of hydrogen-bond donors (Lipinski definition) is 1. The molecule has 0 atom stereocenters. The summed E-state index contributed by atoms with van der Waals surface area (Å²) in [5.74, 6) is -1.50. The molecule has 0 saturated heterocycles. The van der Waals surface area contributed by atoms with E-state index in [0.717, 1.165) is 12.6 Å². The summed E-state index contributed by atoms with van der Waals surface area (Å²) in [7, 11) is 1.01. The van der Waals surface area contributed by atoms with Crippen molar-refractivity contribution in [2.75, 3.05) is 6.54 Å².